The summed E-state index contributed by atoms with van der Waals surface area (Å²) in [6.45, 7) is 2.59. The molecule has 1 atom stereocenters. The van der Waals surface area contributed by atoms with Crippen LogP contribution in [0.1, 0.15) is 23.2 Å². The minimum atomic E-state index is -0.466. The van der Waals surface area contributed by atoms with Crippen molar-refractivity contribution in [3.8, 4) is 0 Å². The Morgan fingerprint density at radius 3 is 2.89 bits per heavy atom. The highest BCUT2D eigenvalue weighted by atomic mass is 35.5. The van der Waals surface area contributed by atoms with Crippen LogP contribution in [0.4, 0.5) is 4.39 Å². The van der Waals surface area contributed by atoms with Gasteiger partial charge in [0, 0.05) is 6.54 Å². The Kier molecular flexibility index (Phi) is 6.09. The molecule has 1 aromatic carbocycles. The summed E-state index contributed by atoms with van der Waals surface area (Å²) in [5.41, 5.74) is 0.122. The standard InChI is InChI=1S/C13H17FN2O.ClH/c14-12-6-2-1-5-11(12)13(17)16-9-10-4-3-7-15-8-10;/h1-2,5-6,10,15H,3-4,7-9H2,(H,16,17);1H. The molecule has 1 unspecified atom stereocenters. The normalized spacial score (nSPS) is 18.8. The van der Waals surface area contributed by atoms with E-state index in [1.165, 1.54) is 12.1 Å². The quantitative estimate of drug-likeness (QED) is 0.883. The number of carbonyl (C=O) groups excluding carboxylic acids is 1. The molecular weight excluding hydrogens is 255 g/mol. The molecule has 0 spiro atoms. The van der Waals surface area contributed by atoms with Crippen molar-refractivity contribution in [2.24, 2.45) is 5.92 Å². The molecule has 0 aliphatic carbocycles. The van der Waals surface area contributed by atoms with Crippen molar-refractivity contribution in [3.05, 3.63) is 35.6 Å². The maximum atomic E-state index is 13.3. The predicted molar refractivity (Wildman–Crippen MR) is 71.6 cm³/mol. The predicted octanol–water partition coefficient (Wildman–Crippen LogP) is 1.98. The summed E-state index contributed by atoms with van der Waals surface area (Å²) < 4.78 is 13.3. The van der Waals surface area contributed by atoms with E-state index in [-0.39, 0.29) is 23.9 Å². The Bertz CT molecular complexity index is 394. The first-order valence-corrected chi connectivity index (χ1v) is 6.01. The lowest BCUT2D eigenvalue weighted by Gasteiger charge is -2.22. The molecule has 2 N–H and O–H groups in total. The fourth-order valence-electron chi connectivity index (χ4n) is 2.08. The number of nitrogens with one attached hydrogen (secondary N) is 2. The molecule has 1 aliphatic rings. The Hall–Kier alpha value is -1.13. The van der Waals surface area contributed by atoms with Crippen LogP contribution in [0.3, 0.4) is 0 Å². The highest BCUT2D eigenvalue weighted by Crippen LogP contribution is 2.10. The van der Waals surface area contributed by atoms with Crippen LogP contribution in [-0.2, 0) is 0 Å². The van der Waals surface area contributed by atoms with Gasteiger partial charge in [-0.15, -0.1) is 12.4 Å². The molecule has 100 valence electrons. The summed E-state index contributed by atoms with van der Waals surface area (Å²) in [7, 11) is 0. The van der Waals surface area contributed by atoms with Gasteiger partial charge in [0.05, 0.1) is 5.56 Å². The van der Waals surface area contributed by atoms with E-state index in [2.05, 4.69) is 10.6 Å². The van der Waals surface area contributed by atoms with E-state index in [1.54, 1.807) is 12.1 Å². The van der Waals surface area contributed by atoms with E-state index in [9.17, 15) is 9.18 Å². The van der Waals surface area contributed by atoms with Crippen LogP contribution in [0.25, 0.3) is 0 Å². The van der Waals surface area contributed by atoms with Gasteiger partial charge in [0.2, 0.25) is 0 Å². The van der Waals surface area contributed by atoms with Crippen molar-refractivity contribution < 1.29 is 9.18 Å². The van der Waals surface area contributed by atoms with Crippen LogP contribution in [0.2, 0.25) is 0 Å². The minimum Gasteiger partial charge on any atom is -0.352 e. The molecule has 0 radical (unpaired) electrons. The van der Waals surface area contributed by atoms with Crippen molar-refractivity contribution >= 4 is 18.3 Å². The first-order valence-electron chi connectivity index (χ1n) is 6.01. The fourth-order valence-corrected chi connectivity index (χ4v) is 2.08. The van der Waals surface area contributed by atoms with Gasteiger partial charge in [-0.05, 0) is 44.0 Å². The second kappa shape index (κ2) is 7.34. The Morgan fingerprint density at radius 2 is 2.22 bits per heavy atom. The third kappa shape index (κ3) is 3.96. The Balaban J connectivity index is 0.00000162. The zero-order valence-electron chi connectivity index (χ0n) is 10.1. The molecule has 2 rings (SSSR count). The van der Waals surface area contributed by atoms with E-state index in [4.69, 9.17) is 0 Å². The van der Waals surface area contributed by atoms with Gasteiger partial charge < -0.3 is 10.6 Å². The lowest BCUT2D eigenvalue weighted by Crippen LogP contribution is -2.38. The SMILES string of the molecule is Cl.O=C(NCC1CCCNC1)c1ccccc1F. The highest BCUT2D eigenvalue weighted by Gasteiger charge is 2.15. The molecule has 1 saturated heterocycles. The number of hydrogen-bond donors (Lipinski definition) is 2. The number of benzene rings is 1. The Labute approximate surface area is 113 Å². The van der Waals surface area contributed by atoms with Gasteiger partial charge in [-0.3, -0.25) is 4.79 Å². The average molecular weight is 273 g/mol. The molecule has 5 heteroatoms. The third-order valence-corrected chi connectivity index (χ3v) is 3.07. The maximum Gasteiger partial charge on any atom is 0.254 e. The maximum absolute atomic E-state index is 13.3. The van der Waals surface area contributed by atoms with E-state index in [0.717, 1.165) is 25.9 Å². The number of halogens is 2. The zero-order valence-corrected chi connectivity index (χ0v) is 10.9. The summed E-state index contributed by atoms with van der Waals surface area (Å²) in [6, 6.07) is 6.05. The van der Waals surface area contributed by atoms with Gasteiger partial charge in [-0.1, -0.05) is 12.1 Å². The topological polar surface area (TPSA) is 41.1 Å². The third-order valence-electron chi connectivity index (χ3n) is 3.07. The summed E-state index contributed by atoms with van der Waals surface area (Å²) in [5, 5.41) is 6.07. The zero-order chi connectivity index (χ0) is 12.1. The Morgan fingerprint density at radius 1 is 1.44 bits per heavy atom. The number of carbonyl (C=O) groups is 1. The van der Waals surface area contributed by atoms with Crippen LogP contribution < -0.4 is 10.6 Å². The molecule has 1 amide bonds. The van der Waals surface area contributed by atoms with Crippen LogP contribution in [0, 0.1) is 11.7 Å². The van der Waals surface area contributed by atoms with Crippen molar-refractivity contribution in [1.82, 2.24) is 10.6 Å². The second-order valence-corrected chi connectivity index (χ2v) is 4.40. The van der Waals surface area contributed by atoms with Crippen LogP contribution in [0.15, 0.2) is 24.3 Å². The molecule has 0 saturated carbocycles. The van der Waals surface area contributed by atoms with E-state index in [1.807, 2.05) is 0 Å². The number of amides is 1. The van der Waals surface area contributed by atoms with Crippen molar-refractivity contribution in [2.75, 3.05) is 19.6 Å². The monoisotopic (exact) mass is 272 g/mol. The van der Waals surface area contributed by atoms with Gasteiger partial charge in [-0.2, -0.15) is 0 Å². The second-order valence-electron chi connectivity index (χ2n) is 4.40. The molecule has 1 heterocycles. The van der Waals surface area contributed by atoms with E-state index in [0.29, 0.717) is 12.5 Å². The lowest BCUT2D eigenvalue weighted by molar-refractivity contribution is 0.0941. The molecule has 1 aliphatic heterocycles. The van der Waals surface area contributed by atoms with Crippen LogP contribution in [0.5, 0.6) is 0 Å². The molecule has 1 aromatic rings. The summed E-state index contributed by atoms with van der Waals surface area (Å²) >= 11 is 0. The minimum absolute atomic E-state index is 0. The fraction of sp³-hybridized carbons (Fsp3) is 0.462. The van der Waals surface area contributed by atoms with Crippen molar-refractivity contribution in [3.63, 3.8) is 0 Å². The highest BCUT2D eigenvalue weighted by molar-refractivity contribution is 5.94. The molecule has 0 bridgehead atoms. The molecular formula is C13H18ClFN2O. The van der Waals surface area contributed by atoms with Gasteiger partial charge in [-0.25, -0.2) is 4.39 Å². The number of piperidine rings is 1. The molecule has 1 fully saturated rings. The first kappa shape index (κ1) is 14.9. The molecule has 0 aromatic heterocycles. The molecule has 18 heavy (non-hydrogen) atoms. The van der Waals surface area contributed by atoms with Gasteiger partial charge in [0.25, 0.3) is 5.91 Å². The van der Waals surface area contributed by atoms with Crippen LogP contribution in [-0.4, -0.2) is 25.5 Å². The summed E-state index contributed by atoms with van der Waals surface area (Å²) in [4.78, 5) is 11.7. The van der Waals surface area contributed by atoms with Gasteiger partial charge in [0.1, 0.15) is 5.82 Å². The smallest absolute Gasteiger partial charge is 0.254 e. The average Bonchev–Trinajstić information content (AvgIpc) is 2.38. The summed E-state index contributed by atoms with van der Waals surface area (Å²) in [6.07, 6.45) is 2.25. The number of rotatable bonds is 3. The van der Waals surface area contributed by atoms with Crippen LogP contribution >= 0.6 is 12.4 Å². The number of hydrogen-bond acceptors (Lipinski definition) is 2. The van der Waals surface area contributed by atoms with E-state index < -0.39 is 5.82 Å². The summed E-state index contributed by atoms with van der Waals surface area (Å²) in [5.74, 6) is -0.333. The van der Waals surface area contributed by atoms with Crippen molar-refractivity contribution in [2.45, 2.75) is 12.8 Å². The van der Waals surface area contributed by atoms with Gasteiger partial charge in [0.15, 0.2) is 0 Å². The largest absolute Gasteiger partial charge is 0.352 e. The first-order chi connectivity index (χ1) is 8.27. The van der Waals surface area contributed by atoms with Gasteiger partial charge >= 0.3 is 0 Å². The molecule has 3 nitrogen and oxygen atoms in total. The lowest BCUT2D eigenvalue weighted by atomic mass is 9.99. The van der Waals surface area contributed by atoms with E-state index >= 15 is 0 Å². The van der Waals surface area contributed by atoms with Crippen molar-refractivity contribution in [1.29, 1.82) is 0 Å².